The molecule has 1 aromatic heterocycles. The number of methoxy groups -OCH3 is 1. The van der Waals surface area contributed by atoms with E-state index in [1.54, 1.807) is 24.3 Å². The zero-order valence-corrected chi connectivity index (χ0v) is 11.5. The molecule has 0 atom stereocenters. The van der Waals surface area contributed by atoms with Gasteiger partial charge in [-0.05, 0) is 30.3 Å². The van der Waals surface area contributed by atoms with E-state index in [1.807, 2.05) is 0 Å². The topological polar surface area (TPSA) is 51.2 Å². The second-order valence-electron chi connectivity index (χ2n) is 3.66. The summed E-state index contributed by atoms with van der Waals surface area (Å²) in [5.41, 5.74) is 0.691. The van der Waals surface area contributed by atoms with Gasteiger partial charge in [-0.25, -0.2) is 0 Å². The summed E-state index contributed by atoms with van der Waals surface area (Å²) in [7, 11) is 1.51. The highest BCUT2D eigenvalue weighted by Crippen LogP contribution is 2.28. The number of hydrogen-bond donors (Lipinski definition) is 1. The van der Waals surface area contributed by atoms with Crippen LogP contribution in [0.2, 0.25) is 10.0 Å². The molecule has 0 fully saturated rings. The molecule has 6 heteroatoms. The van der Waals surface area contributed by atoms with Gasteiger partial charge in [0.15, 0.2) is 0 Å². The van der Waals surface area contributed by atoms with E-state index in [0.29, 0.717) is 21.5 Å². The minimum atomic E-state index is -0.386. The predicted octanol–water partition coefficient (Wildman–Crippen LogP) is 3.65. The molecule has 4 nitrogen and oxygen atoms in total. The second-order valence-corrected chi connectivity index (χ2v) is 4.53. The van der Waals surface area contributed by atoms with Crippen molar-refractivity contribution in [2.24, 2.45) is 0 Å². The maximum Gasteiger partial charge on any atom is 0.274 e. The van der Waals surface area contributed by atoms with Crippen molar-refractivity contribution >= 4 is 34.8 Å². The van der Waals surface area contributed by atoms with E-state index < -0.39 is 0 Å². The fourth-order valence-corrected chi connectivity index (χ4v) is 1.82. The van der Waals surface area contributed by atoms with Crippen molar-refractivity contribution in [3.63, 3.8) is 0 Å². The van der Waals surface area contributed by atoms with E-state index in [9.17, 15) is 4.79 Å². The lowest BCUT2D eigenvalue weighted by atomic mass is 10.2. The largest absolute Gasteiger partial charge is 0.495 e. The van der Waals surface area contributed by atoms with E-state index >= 15 is 0 Å². The van der Waals surface area contributed by atoms with Crippen molar-refractivity contribution < 1.29 is 9.53 Å². The first-order valence-electron chi connectivity index (χ1n) is 5.36. The summed E-state index contributed by atoms with van der Waals surface area (Å²) in [4.78, 5) is 16.0. The monoisotopic (exact) mass is 296 g/mol. The molecule has 1 heterocycles. The normalized spacial score (nSPS) is 10.1. The first-order chi connectivity index (χ1) is 9.10. The molecule has 0 aliphatic rings. The number of nitrogens with one attached hydrogen (secondary N) is 1. The van der Waals surface area contributed by atoms with Gasteiger partial charge in [0.25, 0.3) is 5.91 Å². The molecule has 98 valence electrons. The lowest BCUT2D eigenvalue weighted by Gasteiger charge is -2.10. The van der Waals surface area contributed by atoms with Gasteiger partial charge in [0.05, 0.1) is 12.8 Å². The number of aromatic nitrogens is 1. The molecule has 0 saturated carbocycles. The van der Waals surface area contributed by atoms with Crippen LogP contribution in [0.3, 0.4) is 0 Å². The average Bonchev–Trinajstić information content (AvgIpc) is 2.39. The summed E-state index contributed by atoms with van der Waals surface area (Å²) in [6.07, 6.45) is 1.46. The highest BCUT2D eigenvalue weighted by Gasteiger charge is 2.11. The third-order valence-electron chi connectivity index (χ3n) is 2.36. The zero-order valence-electron chi connectivity index (χ0n) is 9.98. The van der Waals surface area contributed by atoms with Crippen LogP contribution in [0, 0.1) is 0 Å². The maximum absolute atomic E-state index is 12.0. The van der Waals surface area contributed by atoms with E-state index in [1.165, 1.54) is 19.4 Å². The molecule has 0 aliphatic carbocycles. The molecule has 0 unspecified atom stereocenters. The quantitative estimate of drug-likeness (QED) is 0.940. The van der Waals surface area contributed by atoms with E-state index in [2.05, 4.69) is 10.3 Å². The van der Waals surface area contributed by atoms with E-state index in [-0.39, 0.29) is 11.6 Å². The van der Waals surface area contributed by atoms with Crippen LogP contribution in [0.4, 0.5) is 5.69 Å². The number of carbonyl (C=O) groups excluding carboxylic acids is 1. The standard InChI is InChI=1S/C13H10Cl2N2O2/c1-19-12-3-2-8(14)6-10(12)17-13(18)11-7-9(15)4-5-16-11/h2-7H,1H3,(H,17,18). The van der Waals surface area contributed by atoms with Crippen LogP contribution >= 0.6 is 23.2 Å². The Morgan fingerprint density at radius 1 is 1.21 bits per heavy atom. The van der Waals surface area contributed by atoms with Gasteiger partial charge in [0, 0.05) is 16.2 Å². The van der Waals surface area contributed by atoms with Gasteiger partial charge < -0.3 is 10.1 Å². The van der Waals surface area contributed by atoms with Crippen LogP contribution in [0.15, 0.2) is 36.5 Å². The van der Waals surface area contributed by atoms with Gasteiger partial charge in [-0.1, -0.05) is 23.2 Å². The van der Waals surface area contributed by atoms with Gasteiger partial charge >= 0.3 is 0 Å². The summed E-state index contributed by atoms with van der Waals surface area (Å²) in [6, 6.07) is 8.02. The van der Waals surface area contributed by atoms with Crippen molar-refractivity contribution in [1.82, 2.24) is 4.98 Å². The van der Waals surface area contributed by atoms with Gasteiger partial charge in [-0.3, -0.25) is 9.78 Å². The van der Waals surface area contributed by atoms with Crippen LogP contribution in [0.25, 0.3) is 0 Å². The molecule has 0 saturated heterocycles. The molecule has 0 bridgehead atoms. The molecule has 1 aromatic carbocycles. The first kappa shape index (κ1) is 13.6. The minimum absolute atomic E-state index is 0.217. The highest BCUT2D eigenvalue weighted by molar-refractivity contribution is 6.31. The number of nitrogens with zero attached hydrogens (tertiary/aromatic N) is 1. The van der Waals surface area contributed by atoms with Crippen LogP contribution in [0.1, 0.15) is 10.5 Å². The van der Waals surface area contributed by atoms with Gasteiger partial charge in [-0.2, -0.15) is 0 Å². The molecule has 0 radical (unpaired) electrons. The van der Waals surface area contributed by atoms with E-state index in [0.717, 1.165) is 0 Å². The Hall–Kier alpha value is -1.78. The maximum atomic E-state index is 12.0. The highest BCUT2D eigenvalue weighted by atomic mass is 35.5. The third kappa shape index (κ3) is 3.36. The van der Waals surface area contributed by atoms with Crippen LogP contribution in [0.5, 0.6) is 5.75 Å². The molecular formula is C13H10Cl2N2O2. The first-order valence-corrected chi connectivity index (χ1v) is 6.12. The predicted molar refractivity (Wildman–Crippen MR) is 75.2 cm³/mol. The molecule has 2 aromatic rings. The number of ether oxygens (including phenoxy) is 1. The van der Waals surface area contributed by atoms with Crippen LogP contribution in [-0.4, -0.2) is 18.0 Å². The fraction of sp³-hybridized carbons (Fsp3) is 0.0769. The summed E-state index contributed by atoms with van der Waals surface area (Å²) in [6.45, 7) is 0. The van der Waals surface area contributed by atoms with E-state index in [4.69, 9.17) is 27.9 Å². The number of amides is 1. The molecule has 2 rings (SSSR count). The number of rotatable bonds is 3. The van der Waals surface area contributed by atoms with Crippen molar-refractivity contribution in [3.05, 3.63) is 52.3 Å². The Kier molecular flexibility index (Phi) is 4.24. The molecule has 0 aliphatic heterocycles. The molecule has 0 spiro atoms. The lowest BCUT2D eigenvalue weighted by molar-refractivity contribution is 0.102. The van der Waals surface area contributed by atoms with Gasteiger partial charge in [0.2, 0.25) is 0 Å². The minimum Gasteiger partial charge on any atom is -0.495 e. The molecular weight excluding hydrogens is 287 g/mol. The Balaban J connectivity index is 2.26. The number of pyridine rings is 1. The average molecular weight is 297 g/mol. The summed E-state index contributed by atoms with van der Waals surface area (Å²) in [5, 5.41) is 3.61. The number of anilines is 1. The van der Waals surface area contributed by atoms with Crippen LogP contribution in [-0.2, 0) is 0 Å². The fourth-order valence-electron chi connectivity index (χ4n) is 1.49. The number of carbonyl (C=O) groups is 1. The summed E-state index contributed by atoms with van der Waals surface area (Å²) in [5.74, 6) is 0.128. The van der Waals surface area contributed by atoms with Gasteiger partial charge in [-0.15, -0.1) is 0 Å². The van der Waals surface area contributed by atoms with Crippen LogP contribution < -0.4 is 10.1 Å². The second kappa shape index (κ2) is 5.91. The SMILES string of the molecule is COc1ccc(Cl)cc1NC(=O)c1cc(Cl)ccn1. The Morgan fingerprint density at radius 3 is 2.63 bits per heavy atom. The Bertz CT molecular complexity index is 617. The molecule has 1 N–H and O–H groups in total. The van der Waals surface area contributed by atoms with Crippen molar-refractivity contribution in [3.8, 4) is 5.75 Å². The number of hydrogen-bond acceptors (Lipinski definition) is 3. The van der Waals surface area contributed by atoms with Gasteiger partial charge in [0.1, 0.15) is 11.4 Å². The number of benzene rings is 1. The summed E-state index contributed by atoms with van der Waals surface area (Å²) >= 11 is 11.7. The zero-order chi connectivity index (χ0) is 13.8. The summed E-state index contributed by atoms with van der Waals surface area (Å²) < 4.78 is 5.14. The van der Waals surface area contributed by atoms with Crippen molar-refractivity contribution in [2.45, 2.75) is 0 Å². The Morgan fingerprint density at radius 2 is 1.95 bits per heavy atom. The molecule has 1 amide bonds. The van der Waals surface area contributed by atoms with Crippen molar-refractivity contribution in [2.75, 3.05) is 12.4 Å². The lowest BCUT2D eigenvalue weighted by Crippen LogP contribution is -2.14. The smallest absolute Gasteiger partial charge is 0.274 e. The number of halogens is 2. The van der Waals surface area contributed by atoms with Crippen molar-refractivity contribution in [1.29, 1.82) is 0 Å². The Labute approximate surface area is 120 Å². The third-order valence-corrected chi connectivity index (χ3v) is 2.83. The molecule has 19 heavy (non-hydrogen) atoms.